The van der Waals surface area contributed by atoms with E-state index in [4.69, 9.17) is 5.11 Å². The predicted molar refractivity (Wildman–Crippen MR) is 60.3 cm³/mol. The minimum absolute atomic E-state index is 0.156. The number of rotatable bonds is 4. The maximum absolute atomic E-state index is 11.6. The lowest BCUT2D eigenvalue weighted by molar-refractivity contribution is -0.143. The maximum atomic E-state index is 11.6. The van der Waals surface area contributed by atoms with Crippen LogP contribution in [-0.2, 0) is 4.79 Å². The Balaban J connectivity index is 2.52. The molecule has 5 nitrogen and oxygen atoms in total. The molecule has 16 heavy (non-hydrogen) atoms. The molecule has 0 radical (unpaired) electrons. The van der Waals surface area contributed by atoms with Gasteiger partial charge in [0, 0.05) is 5.54 Å². The van der Waals surface area contributed by atoms with Crippen LogP contribution < -0.4 is 10.6 Å². The number of urea groups is 1. The van der Waals surface area contributed by atoms with Crippen molar-refractivity contribution in [2.24, 2.45) is 0 Å². The fraction of sp³-hybridized carbons (Fsp3) is 0.818. The first kappa shape index (κ1) is 12.8. The van der Waals surface area contributed by atoms with Crippen molar-refractivity contribution in [3.8, 4) is 0 Å². The van der Waals surface area contributed by atoms with Gasteiger partial charge in [-0.05, 0) is 39.5 Å². The SMILES string of the molecule is CCC(C)(NC(=O)NC1(C)CCC1)C(=O)O. The van der Waals surface area contributed by atoms with Crippen molar-refractivity contribution in [1.29, 1.82) is 0 Å². The number of carboxylic acids is 1. The second-order valence-corrected chi connectivity index (χ2v) is 4.98. The molecule has 1 saturated carbocycles. The molecule has 1 aliphatic carbocycles. The molecule has 1 fully saturated rings. The molecule has 1 rings (SSSR count). The lowest BCUT2D eigenvalue weighted by atomic mass is 9.79. The Kier molecular flexibility index (Phi) is 3.45. The summed E-state index contributed by atoms with van der Waals surface area (Å²) < 4.78 is 0. The first-order valence-corrected chi connectivity index (χ1v) is 5.65. The van der Waals surface area contributed by atoms with Gasteiger partial charge in [-0.3, -0.25) is 0 Å². The van der Waals surface area contributed by atoms with E-state index in [9.17, 15) is 9.59 Å². The van der Waals surface area contributed by atoms with Gasteiger partial charge in [0.1, 0.15) is 5.54 Å². The zero-order chi connectivity index (χ0) is 12.4. The molecule has 0 spiro atoms. The fourth-order valence-electron chi connectivity index (χ4n) is 1.68. The quantitative estimate of drug-likeness (QED) is 0.682. The summed E-state index contributed by atoms with van der Waals surface area (Å²) >= 11 is 0. The van der Waals surface area contributed by atoms with Crippen LogP contribution in [0.25, 0.3) is 0 Å². The number of carbonyl (C=O) groups is 2. The number of aliphatic carboxylic acids is 1. The maximum Gasteiger partial charge on any atom is 0.329 e. The third-order valence-corrected chi connectivity index (χ3v) is 3.44. The highest BCUT2D eigenvalue weighted by atomic mass is 16.4. The van der Waals surface area contributed by atoms with Crippen LogP contribution in [0.5, 0.6) is 0 Å². The van der Waals surface area contributed by atoms with Gasteiger partial charge in [-0.2, -0.15) is 0 Å². The Hall–Kier alpha value is -1.26. The minimum atomic E-state index is -1.19. The molecule has 2 amide bonds. The molecule has 1 atom stereocenters. The number of nitrogens with one attached hydrogen (secondary N) is 2. The summed E-state index contributed by atoms with van der Waals surface area (Å²) in [5, 5.41) is 14.3. The largest absolute Gasteiger partial charge is 0.480 e. The average molecular weight is 228 g/mol. The summed E-state index contributed by atoms with van der Waals surface area (Å²) in [6, 6.07) is -0.394. The van der Waals surface area contributed by atoms with Gasteiger partial charge in [0.15, 0.2) is 0 Å². The molecular formula is C11H20N2O3. The molecule has 3 N–H and O–H groups in total. The molecule has 92 valence electrons. The van der Waals surface area contributed by atoms with Gasteiger partial charge in [-0.1, -0.05) is 6.92 Å². The van der Waals surface area contributed by atoms with E-state index in [0.29, 0.717) is 6.42 Å². The van der Waals surface area contributed by atoms with Crippen LogP contribution in [0, 0.1) is 0 Å². The topological polar surface area (TPSA) is 78.4 Å². The standard InChI is InChI=1S/C11H20N2O3/c1-4-11(3,8(14)15)13-9(16)12-10(2)6-5-7-10/h4-7H2,1-3H3,(H,14,15)(H2,12,13,16). The number of carbonyl (C=O) groups excluding carboxylic acids is 1. The summed E-state index contributed by atoms with van der Waals surface area (Å²) in [6.45, 7) is 5.22. The van der Waals surface area contributed by atoms with Crippen molar-refractivity contribution >= 4 is 12.0 Å². The van der Waals surface area contributed by atoms with Crippen LogP contribution in [0.3, 0.4) is 0 Å². The highest BCUT2D eigenvalue weighted by Gasteiger charge is 2.37. The first-order chi connectivity index (χ1) is 7.31. The van der Waals surface area contributed by atoms with Gasteiger partial charge in [-0.15, -0.1) is 0 Å². The third-order valence-electron chi connectivity index (χ3n) is 3.44. The van der Waals surface area contributed by atoms with Crippen molar-refractivity contribution < 1.29 is 14.7 Å². The normalized spacial score (nSPS) is 21.4. The lowest BCUT2D eigenvalue weighted by Crippen LogP contribution is -2.60. The predicted octanol–water partition coefficient (Wildman–Crippen LogP) is 1.48. The average Bonchev–Trinajstić information content (AvgIpc) is 2.14. The van der Waals surface area contributed by atoms with Gasteiger partial charge in [0.2, 0.25) is 0 Å². The molecule has 0 bridgehead atoms. The summed E-state index contributed by atoms with van der Waals surface area (Å²) in [5.74, 6) is -1.01. The van der Waals surface area contributed by atoms with Gasteiger partial charge < -0.3 is 15.7 Å². The van der Waals surface area contributed by atoms with E-state index in [-0.39, 0.29) is 5.54 Å². The van der Waals surface area contributed by atoms with Crippen molar-refractivity contribution in [2.75, 3.05) is 0 Å². The Morgan fingerprint density at radius 1 is 1.44 bits per heavy atom. The van der Waals surface area contributed by atoms with E-state index < -0.39 is 17.5 Å². The van der Waals surface area contributed by atoms with Crippen molar-refractivity contribution in [2.45, 2.75) is 57.5 Å². The second-order valence-electron chi connectivity index (χ2n) is 4.98. The highest BCUT2D eigenvalue weighted by Crippen LogP contribution is 2.30. The van der Waals surface area contributed by atoms with Crippen LogP contribution in [-0.4, -0.2) is 28.2 Å². The highest BCUT2D eigenvalue weighted by molar-refractivity contribution is 5.86. The van der Waals surface area contributed by atoms with Crippen molar-refractivity contribution in [3.63, 3.8) is 0 Å². The number of hydrogen-bond donors (Lipinski definition) is 3. The molecule has 1 aliphatic rings. The summed E-state index contributed by atoms with van der Waals surface area (Å²) in [6.07, 6.45) is 3.37. The van der Waals surface area contributed by atoms with Crippen LogP contribution in [0.1, 0.15) is 46.5 Å². The van der Waals surface area contributed by atoms with Crippen LogP contribution in [0.4, 0.5) is 4.79 Å². The zero-order valence-corrected chi connectivity index (χ0v) is 10.1. The van der Waals surface area contributed by atoms with E-state index >= 15 is 0 Å². The zero-order valence-electron chi connectivity index (χ0n) is 10.1. The number of hydrogen-bond acceptors (Lipinski definition) is 2. The van der Waals surface area contributed by atoms with E-state index in [1.807, 2.05) is 6.92 Å². The molecular weight excluding hydrogens is 208 g/mol. The molecule has 0 aromatic carbocycles. The van der Waals surface area contributed by atoms with Crippen molar-refractivity contribution in [1.82, 2.24) is 10.6 Å². The smallest absolute Gasteiger partial charge is 0.329 e. The molecule has 0 heterocycles. The molecule has 0 aromatic heterocycles. The lowest BCUT2D eigenvalue weighted by Gasteiger charge is -2.40. The summed E-state index contributed by atoms with van der Waals surface area (Å²) in [5.41, 5.74) is -1.35. The third kappa shape index (κ3) is 2.65. The number of amides is 2. The van der Waals surface area contributed by atoms with Gasteiger partial charge in [0.05, 0.1) is 0 Å². The van der Waals surface area contributed by atoms with E-state index in [1.54, 1.807) is 6.92 Å². The van der Waals surface area contributed by atoms with E-state index in [0.717, 1.165) is 19.3 Å². The van der Waals surface area contributed by atoms with Gasteiger partial charge in [-0.25, -0.2) is 9.59 Å². The van der Waals surface area contributed by atoms with Crippen LogP contribution >= 0.6 is 0 Å². The second kappa shape index (κ2) is 4.31. The fourth-order valence-corrected chi connectivity index (χ4v) is 1.68. The monoisotopic (exact) mass is 228 g/mol. The van der Waals surface area contributed by atoms with E-state index in [2.05, 4.69) is 10.6 Å². The molecule has 0 aliphatic heterocycles. The van der Waals surface area contributed by atoms with Crippen LogP contribution in [0.15, 0.2) is 0 Å². The Bertz CT molecular complexity index is 300. The van der Waals surface area contributed by atoms with Crippen LogP contribution in [0.2, 0.25) is 0 Å². The Morgan fingerprint density at radius 3 is 2.31 bits per heavy atom. The van der Waals surface area contributed by atoms with Gasteiger partial charge >= 0.3 is 12.0 Å². The summed E-state index contributed by atoms with van der Waals surface area (Å²) in [4.78, 5) is 22.6. The van der Waals surface area contributed by atoms with Gasteiger partial charge in [0.25, 0.3) is 0 Å². The van der Waals surface area contributed by atoms with E-state index in [1.165, 1.54) is 6.92 Å². The first-order valence-electron chi connectivity index (χ1n) is 5.65. The summed E-state index contributed by atoms with van der Waals surface area (Å²) in [7, 11) is 0. The molecule has 0 saturated heterocycles. The Labute approximate surface area is 95.6 Å². The molecule has 5 heteroatoms. The molecule has 0 aromatic rings. The number of carboxylic acid groups (broad SMARTS) is 1. The Morgan fingerprint density at radius 2 is 2.00 bits per heavy atom. The minimum Gasteiger partial charge on any atom is -0.480 e. The van der Waals surface area contributed by atoms with Crippen molar-refractivity contribution in [3.05, 3.63) is 0 Å². The molecule has 1 unspecified atom stereocenters.